The minimum atomic E-state index is 0.288. The lowest BCUT2D eigenvalue weighted by atomic mass is 9.95. The molecule has 0 saturated carbocycles. The Morgan fingerprint density at radius 3 is 2.84 bits per heavy atom. The molecule has 1 saturated heterocycles. The van der Waals surface area contributed by atoms with Gasteiger partial charge >= 0.3 is 0 Å². The van der Waals surface area contributed by atoms with E-state index in [0.29, 0.717) is 18.3 Å². The Bertz CT molecular complexity index is 601. The number of halogens is 1. The van der Waals surface area contributed by atoms with E-state index in [0.717, 1.165) is 44.2 Å². The highest BCUT2D eigenvalue weighted by Crippen LogP contribution is 2.38. The lowest BCUT2D eigenvalue weighted by Crippen LogP contribution is -2.40. The summed E-state index contributed by atoms with van der Waals surface area (Å²) in [5.41, 5.74) is 2.61. The molecular weight excluding hydrogens is 334 g/mol. The van der Waals surface area contributed by atoms with Gasteiger partial charge in [0, 0.05) is 49.7 Å². The molecule has 0 aliphatic carbocycles. The predicted molar refractivity (Wildman–Crippen MR) is 105 cm³/mol. The molecule has 0 bridgehead atoms. The van der Waals surface area contributed by atoms with E-state index in [2.05, 4.69) is 34.3 Å². The van der Waals surface area contributed by atoms with Crippen molar-refractivity contribution in [3.05, 3.63) is 28.8 Å². The Kier molecular flexibility index (Phi) is 6.24. The van der Waals surface area contributed by atoms with Crippen LogP contribution in [0.15, 0.2) is 18.2 Å². The van der Waals surface area contributed by atoms with Gasteiger partial charge in [-0.25, -0.2) is 0 Å². The standard InChI is InChI=1S/C20H30ClN3O/c1-3-20(25)24(13-15-6-9-22-10-7-15)11-8-16-14-23(2)19-5-4-17(21)12-18(16)19/h4-5,12,15-16,22H,3,6-11,13-14H2,1-2H3. The molecule has 2 aliphatic rings. The second-order valence-electron chi connectivity index (χ2n) is 7.46. The molecule has 1 amide bonds. The second-order valence-corrected chi connectivity index (χ2v) is 7.89. The van der Waals surface area contributed by atoms with Crippen LogP contribution >= 0.6 is 11.6 Å². The number of amides is 1. The Hall–Kier alpha value is -1.26. The first-order valence-electron chi connectivity index (χ1n) is 9.57. The number of likely N-dealkylation sites (N-methyl/N-ethyl adjacent to an activating group) is 1. The van der Waals surface area contributed by atoms with Gasteiger partial charge in [-0.15, -0.1) is 0 Å². The molecule has 0 spiro atoms. The molecule has 1 aromatic carbocycles. The maximum absolute atomic E-state index is 12.4. The zero-order valence-electron chi connectivity index (χ0n) is 15.4. The van der Waals surface area contributed by atoms with Gasteiger partial charge in [-0.3, -0.25) is 4.79 Å². The van der Waals surface area contributed by atoms with Gasteiger partial charge in [0.05, 0.1) is 0 Å². The highest BCUT2D eigenvalue weighted by Gasteiger charge is 2.28. The number of nitrogens with zero attached hydrogens (tertiary/aromatic N) is 2. The summed E-state index contributed by atoms with van der Waals surface area (Å²) >= 11 is 6.21. The van der Waals surface area contributed by atoms with Crippen molar-refractivity contribution in [2.45, 2.75) is 38.5 Å². The lowest BCUT2D eigenvalue weighted by Gasteiger charge is -2.31. The van der Waals surface area contributed by atoms with E-state index in [-0.39, 0.29) is 5.91 Å². The van der Waals surface area contributed by atoms with Crippen molar-refractivity contribution in [1.29, 1.82) is 0 Å². The number of carbonyl (C=O) groups is 1. The average molecular weight is 364 g/mol. The van der Waals surface area contributed by atoms with Gasteiger partial charge in [-0.05, 0) is 62.0 Å². The number of hydrogen-bond donors (Lipinski definition) is 1. The van der Waals surface area contributed by atoms with E-state index in [1.807, 2.05) is 13.0 Å². The van der Waals surface area contributed by atoms with Crippen molar-refractivity contribution in [1.82, 2.24) is 10.2 Å². The minimum absolute atomic E-state index is 0.288. The number of carbonyl (C=O) groups excluding carboxylic acids is 1. The molecule has 1 aromatic rings. The molecular formula is C20H30ClN3O. The Labute approximate surface area is 156 Å². The first-order chi connectivity index (χ1) is 12.1. The van der Waals surface area contributed by atoms with E-state index in [9.17, 15) is 4.79 Å². The van der Waals surface area contributed by atoms with Crippen molar-refractivity contribution < 1.29 is 4.79 Å². The van der Waals surface area contributed by atoms with Gasteiger partial charge in [0.15, 0.2) is 0 Å². The Balaban J connectivity index is 1.63. The summed E-state index contributed by atoms with van der Waals surface area (Å²) in [6, 6.07) is 6.18. The number of benzene rings is 1. The van der Waals surface area contributed by atoms with E-state index in [1.54, 1.807) is 0 Å². The van der Waals surface area contributed by atoms with Gasteiger partial charge in [-0.2, -0.15) is 0 Å². The molecule has 2 heterocycles. The molecule has 2 aliphatic heterocycles. The monoisotopic (exact) mass is 363 g/mol. The van der Waals surface area contributed by atoms with Crippen LogP contribution in [0.5, 0.6) is 0 Å². The summed E-state index contributed by atoms with van der Waals surface area (Å²) in [5.74, 6) is 1.39. The molecule has 1 fully saturated rings. The van der Waals surface area contributed by atoms with Crippen LogP contribution in [0.4, 0.5) is 5.69 Å². The fourth-order valence-corrected chi connectivity index (χ4v) is 4.38. The number of rotatable bonds is 6. The molecule has 0 radical (unpaired) electrons. The maximum Gasteiger partial charge on any atom is 0.222 e. The van der Waals surface area contributed by atoms with Crippen LogP contribution < -0.4 is 10.2 Å². The molecule has 3 rings (SSSR count). The highest BCUT2D eigenvalue weighted by atomic mass is 35.5. The third kappa shape index (κ3) is 4.48. The van der Waals surface area contributed by atoms with Gasteiger partial charge in [0.1, 0.15) is 0 Å². The molecule has 0 aromatic heterocycles. The van der Waals surface area contributed by atoms with Crippen molar-refractivity contribution in [3.63, 3.8) is 0 Å². The zero-order valence-corrected chi connectivity index (χ0v) is 16.2. The van der Waals surface area contributed by atoms with Crippen molar-refractivity contribution in [2.24, 2.45) is 5.92 Å². The Morgan fingerprint density at radius 2 is 2.12 bits per heavy atom. The summed E-state index contributed by atoms with van der Waals surface area (Å²) < 4.78 is 0. The average Bonchev–Trinajstić information content (AvgIpc) is 2.94. The maximum atomic E-state index is 12.4. The first-order valence-corrected chi connectivity index (χ1v) is 9.95. The van der Waals surface area contributed by atoms with E-state index in [1.165, 1.54) is 24.1 Å². The van der Waals surface area contributed by atoms with Gasteiger partial charge in [0.2, 0.25) is 5.91 Å². The quantitative estimate of drug-likeness (QED) is 0.840. The third-order valence-corrected chi connectivity index (χ3v) is 5.91. The fraction of sp³-hybridized carbons (Fsp3) is 0.650. The van der Waals surface area contributed by atoms with Crippen molar-refractivity contribution in [2.75, 3.05) is 44.7 Å². The van der Waals surface area contributed by atoms with Crippen LogP contribution in [0.3, 0.4) is 0 Å². The predicted octanol–water partition coefficient (Wildman–Crippen LogP) is 3.50. The summed E-state index contributed by atoms with van der Waals surface area (Å²) in [6.45, 7) is 6.91. The molecule has 1 atom stereocenters. The molecule has 4 nitrogen and oxygen atoms in total. The van der Waals surface area contributed by atoms with Crippen LogP contribution in [0.25, 0.3) is 0 Å². The normalized spacial score (nSPS) is 20.6. The highest BCUT2D eigenvalue weighted by molar-refractivity contribution is 6.30. The molecule has 25 heavy (non-hydrogen) atoms. The number of hydrogen-bond acceptors (Lipinski definition) is 3. The van der Waals surface area contributed by atoms with Crippen LogP contribution in [0, 0.1) is 5.92 Å². The number of piperidine rings is 1. The van der Waals surface area contributed by atoms with E-state index < -0.39 is 0 Å². The molecule has 5 heteroatoms. The SMILES string of the molecule is CCC(=O)N(CCC1CN(C)c2ccc(Cl)cc21)CC1CCNCC1. The van der Waals surface area contributed by atoms with Crippen LogP contribution in [0.2, 0.25) is 5.02 Å². The summed E-state index contributed by atoms with van der Waals surface area (Å²) in [7, 11) is 2.14. The summed E-state index contributed by atoms with van der Waals surface area (Å²) in [5, 5.41) is 4.21. The van der Waals surface area contributed by atoms with Crippen LogP contribution in [0.1, 0.15) is 44.1 Å². The Morgan fingerprint density at radius 1 is 1.36 bits per heavy atom. The van der Waals surface area contributed by atoms with E-state index >= 15 is 0 Å². The molecule has 138 valence electrons. The third-order valence-electron chi connectivity index (χ3n) is 5.67. The zero-order chi connectivity index (χ0) is 17.8. The number of nitrogens with one attached hydrogen (secondary N) is 1. The van der Waals surface area contributed by atoms with Gasteiger partial charge in [0.25, 0.3) is 0 Å². The summed E-state index contributed by atoms with van der Waals surface area (Å²) in [6.07, 6.45) is 3.96. The van der Waals surface area contributed by atoms with Crippen molar-refractivity contribution >= 4 is 23.2 Å². The van der Waals surface area contributed by atoms with E-state index in [4.69, 9.17) is 11.6 Å². The minimum Gasteiger partial charge on any atom is -0.374 e. The molecule has 1 N–H and O–H groups in total. The smallest absolute Gasteiger partial charge is 0.222 e. The van der Waals surface area contributed by atoms with Gasteiger partial charge in [-0.1, -0.05) is 18.5 Å². The second kappa shape index (κ2) is 8.41. The van der Waals surface area contributed by atoms with Gasteiger partial charge < -0.3 is 15.1 Å². The van der Waals surface area contributed by atoms with Crippen LogP contribution in [-0.2, 0) is 4.79 Å². The molecule has 1 unspecified atom stereocenters. The fourth-order valence-electron chi connectivity index (χ4n) is 4.20. The lowest BCUT2D eigenvalue weighted by molar-refractivity contribution is -0.131. The number of anilines is 1. The summed E-state index contributed by atoms with van der Waals surface area (Å²) in [4.78, 5) is 16.8. The van der Waals surface area contributed by atoms with Crippen LogP contribution in [-0.4, -0.2) is 50.6 Å². The first kappa shape index (κ1) is 18.5. The number of fused-ring (bicyclic) bond motifs is 1. The topological polar surface area (TPSA) is 35.6 Å². The largest absolute Gasteiger partial charge is 0.374 e. The van der Waals surface area contributed by atoms with Crippen molar-refractivity contribution in [3.8, 4) is 0 Å².